The Labute approximate surface area is 80.3 Å². The highest BCUT2D eigenvalue weighted by Gasteiger charge is 2.38. The van der Waals surface area contributed by atoms with Crippen LogP contribution in [0.1, 0.15) is 39.0 Å². The average Bonchev–Trinajstić information content (AvgIpc) is 2.47. The molecule has 2 nitrogen and oxygen atoms in total. The summed E-state index contributed by atoms with van der Waals surface area (Å²) in [6.45, 7) is 3.00. The van der Waals surface area contributed by atoms with E-state index in [1.807, 2.05) is 0 Å². The highest BCUT2D eigenvalue weighted by molar-refractivity contribution is 4.88. The van der Waals surface area contributed by atoms with Crippen LogP contribution in [-0.2, 0) is 4.74 Å². The van der Waals surface area contributed by atoms with Crippen LogP contribution >= 0.6 is 0 Å². The van der Waals surface area contributed by atoms with Crippen molar-refractivity contribution in [2.45, 2.75) is 51.2 Å². The minimum Gasteiger partial charge on any atom is -0.392 e. The molecule has 2 rings (SSSR count). The minimum absolute atomic E-state index is 0.0822. The smallest absolute Gasteiger partial charge is 0.0626 e. The lowest BCUT2D eigenvalue weighted by atomic mass is 9.74. The number of hydrogen-bond acceptors (Lipinski definition) is 2. The van der Waals surface area contributed by atoms with Crippen LogP contribution in [0.2, 0.25) is 0 Å². The van der Waals surface area contributed by atoms with Gasteiger partial charge in [-0.25, -0.2) is 0 Å². The van der Waals surface area contributed by atoms with Gasteiger partial charge in [0.15, 0.2) is 0 Å². The van der Waals surface area contributed by atoms with Crippen molar-refractivity contribution >= 4 is 0 Å². The van der Waals surface area contributed by atoms with Crippen LogP contribution in [0.15, 0.2) is 0 Å². The Kier molecular flexibility index (Phi) is 2.89. The summed E-state index contributed by atoms with van der Waals surface area (Å²) >= 11 is 0. The van der Waals surface area contributed by atoms with E-state index in [0.717, 1.165) is 19.4 Å². The molecular weight excluding hydrogens is 164 g/mol. The van der Waals surface area contributed by atoms with Gasteiger partial charge in [0.2, 0.25) is 0 Å². The van der Waals surface area contributed by atoms with Gasteiger partial charge >= 0.3 is 0 Å². The molecule has 0 amide bonds. The van der Waals surface area contributed by atoms with Gasteiger partial charge in [0.05, 0.1) is 12.2 Å². The van der Waals surface area contributed by atoms with Gasteiger partial charge in [-0.05, 0) is 31.6 Å². The van der Waals surface area contributed by atoms with Crippen LogP contribution in [0.3, 0.4) is 0 Å². The standard InChI is InChI=1S/C11H20O2/c1-2-10-9(6-7-13-10)11(12)8-4-3-5-8/h8-12H,2-7H2,1H3. The minimum atomic E-state index is -0.0822. The van der Waals surface area contributed by atoms with Gasteiger partial charge in [-0.2, -0.15) is 0 Å². The van der Waals surface area contributed by atoms with E-state index in [0.29, 0.717) is 17.9 Å². The number of rotatable bonds is 3. The van der Waals surface area contributed by atoms with Gasteiger partial charge in [0.25, 0.3) is 0 Å². The quantitative estimate of drug-likeness (QED) is 0.726. The topological polar surface area (TPSA) is 29.5 Å². The van der Waals surface area contributed by atoms with Gasteiger partial charge in [-0.3, -0.25) is 0 Å². The van der Waals surface area contributed by atoms with Crippen LogP contribution < -0.4 is 0 Å². The maximum atomic E-state index is 10.1. The Morgan fingerprint density at radius 2 is 2.15 bits per heavy atom. The first-order valence-electron chi connectivity index (χ1n) is 5.62. The van der Waals surface area contributed by atoms with E-state index in [9.17, 15) is 5.11 Å². The number of hydrogen-bond donors (Lipinski definition) is 1. The zero-order chi connectivity index (χ0) is 9.26. The molecule has 1 saturated carbocycles. The van der Waals surface area contributed by atoms with Gasteiger partial charge < -0.3 is 9.84 Å². The number of ether oxygens (including phenoxy) is 1. The van der Waals surface area contributed by atoms with Gasteiger partial charge in [-0.1, -0.05) is 13.3 Å². The normalized spacial score (nSPS) is 37.4. The van der Waals surface area contributed by atoms with Crippen LogP contribution in [0, 0.1) is 11.8 Å². The molecule has 0 spiro atoms. The van der Waals surface area contributed by atoms with Crippen LogP contribution in [0.25, 0.3) is 0 Å². The number of aliphatic hydroxyl groups is 1. The van der Waals surface area contributed by atoms with Crippen molar-refractivity contribution in [3.8, 4) is 0 Å². The molecule has 2 fully saturated rings. The molecule has 0 bridgehead atoms. The maximum Gasteiger partial charge on any atom is 0.0626 e. The van der Waals surface area contributed by atoms with E-state index in [1.165, 1.54) is 19.3 Å². The van der Waals surface area contributed by atoms with Crippen molar-refractivity contribution < 1.29 is 9.84 Å². The summed E-state index contributed by atoms with van der Waals surface area (Å²) in [4.78, 5) is 0. The lowest BCUT2D eigenvalue weighted by Crippen LogP contribution is -2.37. The second-order valence-electron chi connectivity index (χ2n) is 4.45. The van der Waals surface area contributed by atoms with E-state index >= 15 is 0 Å². The largest absolute Gasteiger partial charge is 0.392 e. The van der Waals surface area contributed by atoms with Crippen LogP contribution in [-0.4, -0.2) is 23.9 Å². The molecule has 1 aliphatic heterocycles. The van der Waals surface area contributed by atoms with E-state index < -0.39 is 0 Å². The van der Waals surface area contributed by atoms with Crippen LogP contribution in [0.5, 0.6) is 0 Å². The Hall–Kier alpha value is -0.0800. The molecule has 0 radical (unpaired) electrons. The summed E-state index contributed by atoms with van der Waals surface area (Å²) in [5, 5.41) is 10.1. The van der Waals surface area contributed by atoms with Gasteiger partial charge in [0, 0.05) is 12.5 Å². The van der Waals surface area contributed by atoms with E-state index in [-0.39, 0.29) is 6.10 Å². The highest BCUT2D eigenvalue weighted by atomic mass is 16.5. The Bertz CT molecular complexity index is 165. The van der Waals surface area contributed by atoms with E-state index in [1.54, 1.807) is 0 Å². The third kappa shape index (κ3) is 1.75. The SMILES string of the molecule is CCC1OCCC1C(O)C1CCC1. The van der Waals surface area contributed by atoms with E-state index in [2.05, 4.69) is 6.92 Å². The molecule has 13 heavy (non-hydrogen) atoms. The van der Waals surface area contributed by atoms with Crippen molar-refractivity contribution in [1.29, 1.82) is 0 Å². The lowest BCUT2D eigenvalue weighted by Gasteiger charge is -2.35. The molecule has 76 valence electrons. The molecule has 3 unspecified atom stereocenters. The fraction of sp³-hybridized carbons (Fsp3) is 1.00. The molecule has 0 aromatic heterocycles. The van der Waals surface area contributed by atoms with Gasteiger partial charge in [-0.15, -0.1) is 0 Å². The zero-order valence-corrected chi connectivity index (χ0v) is 8.41. The first-order chi connectivity index (χ1) is 6.33. The van der Waals surface area contributed by atoms with Crippen molar-refractivity contribution in [1.82, 2.24) is 0 Å². The third-order valence-corrected chi connectivity index (χ3v) is 3.73. The average molecular weight is 184 g/mol. The predicted octanol–water partition coefficient (Wildman–Crippen LogP) is 1.96. The molecule has 2 aliphatic rings. The third-order valence-electron chi connectivity index (χ3n) is 3.73. The van der Waals surface area contributed by atoms with Crippen molar-refractivity contribution in [2.75, 3.05) is 6.61 Å². The molecule has 1 heterocycles. The molecule has 1 N–H and O–H groups in total. The van der Waals surface area contributed by atoms with Crippen molar-refractivity contribution in [3.63, 3.8) is 0 Å². The zero-order valence-electron chi connectivity index (χ0n) is 8.41. The summed E-state index contributed by atoms with van der Waals surface area (Å²) < 4.78 is 5.59. The predicted molar refractivity (Wildman–Crippen MR) is 51.5 cm³/mol. The summed E-state index contributed by atoms with van der Waals surface area (Å²) in [6.07, 6.45) is 6.13. The van der Waals surface area contributed by atoms with Crippen LogP contribution in [0.4, 0.5) is 0 Å². The molecule has 0 aromatic rings. The molecule has 3 atom stereocenters. The highest BCUT2D eigenvalue weighted by Crippen LogP contribution is 2.37. The molecule has 0 aromatic carbocycles. The van der Waals surface area contributed by atoms with Gasteiger partial charge in [0.1, 0.15) is 0 Å². The number of aliphatic hydroxyl groups excluding tert-OH is 1. The molecular formula is C11H20O2. The fourth-order valence-corrected chi connectivity index (χ4v) is 2.61. The molecule has 2 heteroatoms. The fourth-order valence-electron chi connectivity index (χ4n) is 2.61. The summed E-state index contributed by atoms with van der Waals surface area (Å²) in [5.74, 6) is 1.01. The second-order valence-corrected chi connectivity index (χ2v) is 4.45. The Morgan fingerprint density at radius 3 is 2.69 bits per heavy atom. The van der Waals surface area contributed by atoms with E-state index in [4.69, 9.17) is 4.74 Å². The summed E-state index contributed by atoms with van der Waals surface area (Å²) in [7, 11) is 0. The van der Waals surface area contributed by atoms with Crippen molar-refractivity contribution in [3.05, 3.63) is 0 Å². The molecule has 1 saturated heterocycles. The lowest BCUT2D eigenvalue weighted by molar-refractivity contribution is -0.0195. The second kappa shape index (κ2) is 3.97. The first-order valence-corrected chi connectivity index (χ1v) is 5.62. The molecule has 1 aliphatic carbocycles. The monoisotopic (exact) mass is 184 g/mol. The summed E-state index contributed by atoms with van der Waals surface area (Å²) in [5.41, 5.74) is 0. The first kappa shape index (κ1) is 9.47. The maximum absolute atomic E-state index is 10.1. The Balaban J connectivity index is 1.90. The van der Waals surface area contributed by atoms with Crippen molar-refractivity contribution in [2.24, 2.45) is 11.8 Å². The Morgan fingerprint density at radius 1 is 1.38 bits per heavy atom. The summed E-state index contributed by atoms with van der Waals surface area (Å²) in [6, 6.07) is 0.